The second-order valence-corrected chi connectivity index (χ2v) is 8.05. The van der Waals surface area contributed by atoms with Gasteiger partial charge in [-0.3, -0.25) is 19.7 Å². The maximum atomic E-state index is 13.1. The fourth-order valence-electron chi connectivity index (χ4n) is 3.74. The number of phenolic OH excluding ortho intramolecular Hbond substituents is 1. The van der Waals surface area contributed by atoms with Crippen molar-refractivity contribution in [3.63, 3.8) is 0 Å². The Morgan fingerprint density at radius 1 is 1.00 bits per heavy atom. The van der Waals surface area contributed by atoms with Crippen molar-refractivity contribution in [2.75, 3.05) is 5.32 Å². The average Bonchev–Trinajstić information content (AvgIpc) is 2.84. The Morgan fingerprint density at radius 3 is 2.42 bits per heavy atom. The van der Waals surface area contributed by atoms with Gasteiger partial charge in [0.05, 0.1) is 11.3 Å². The van der Waals surface area contributed by atoms with Crippen molar-refractivity contribution in [3.05, 3.63) is 111 Å². The van der Waals surface area contributed by atoms with Gasteiger partial charge in [-0.15, -0.1) is 0 Å². The number of carbonyl (C=O) groups excluding carboxylic acids is 2. The zero-order valence-corrected chi connectivity index (χ0v) is 18.8. The highest BCUT2D eigenvalue weighted by Gasteiger charge is 2.22. The lowest BCUT2D eigenvalue weighted by Gasteiger charge is -2.19. The zero-order valence-electron chi connectivity index (χ0n) is 18.8. The topological polar surface area (TPSA) is 152 Å². The molecule has 0 aliphatic carbocycles. The summed E-state index contributed by atoms with van der Waals surface area (Å²) in [7, 11) is 0. The number of non-ortho nitro benzene ring substituents is 1. The lowest BCUT2D eigenvalue weighted by Crippen LogP contribution is -2.45. The molecule has 182 valence electrons. The van der Waals surface area contributed by atoms with Crippen LogP contribution >= 0.6 is 0 Å². The number of phenols is 1. The van der Waals surface area contributed by atoms with Gasteiger partial charge in [0.2, 0.25) is 11.8 Å². The van der Waals surface area contributed by atoms with E-state index in [2.05, 4.69) is 10.6 Å². The molecule has 3 N–H and O–H groups in total. The van der Waals surface area contributed by atoms with Gasteiger partial charge in [-0.1, -0.05) is 30.3 Å². The third kappa shape index (κ3) is 5.92. The minimum absolute atomic E-state index is 0.0851. The summed E-state index contributed by atoms with van der Waals surface area (Å²) in [6, 6.07) is 18.9. The van der Waals surface area contributed by atoms with Gasteiger partial charge in [0.15, 0.2) is 0 Å². The number of fused-ring (bicyclic) bond motifs is 1. The molecule has 0 saturated carbocycles. The minimum Gasteiger partial charge on any atom is -0.508 e. The lowest BCUT2D eigenvalue weighted by molar-refractivity contribution is -0.384. The molecule has 0 spiro atoms. The molecule has 0 aliphatic heterocycles. The summed E-state index contributed by atoms with van der Waals surface area (Å²) in [5.74, 6) is -1.10. The first-order chi connectivity index (χ1) is 17.3. The van der Waals surface area contributed by atoms with Crippen LogP contribution < -0.4 is 16.3 Å². The monoisotopic (exact) mass is 487 g/mol. The Labute approximate surface area is 204 Å². The van der Waals surface area contributed by atoms with Gasteiger partial charge in [-0.05, 0) is 35.4 Å². The summed E-state index contributed by atoms with van der Waals surface area (Å²) in [5, 5.41) is 26.4. The van der Waals surface area contributed by atoms with Crippen molar-refractivity contribution in [2.45, 2.75) is 18.9 Å². The van der Waals surface area contributed by atoms with E-state index in [1.807, 2.05) is 30.3 Å². The van der Waals surface area contributed by atoms with E-state index in [-0.39, 0.29) is 29.9 Å². The van der Waals surface area contributed by atoms with E-state index in [0.717, 1.165) is 5.56 Å². The zero-order chi connectivity index (χ0) is 25.7. The maximum Gasteiger partial charge on any atom is 0.336 e. The van der Waals surface area contributed by atoms with Crippen molar-refractivity contribution in [2.24, 2.45) is 0 Å². The summed E-state index contributed by atoms with van der Waals surface area (Å²) < 4.78 is 5.10. The van der Waals surface area contributed by atoms with Crippen molar-refractivity contribution >= 4 is 34.2 Å². The van der Waals surface area contributed by atoms with E-state index < -0.39 is 28.4 Å². The minimum atomic E-state index is -0.967. The third-order valence-electron chi connectivity index (χ3n) is 5.44. The largest absolute Gasteiger partial charge is 0.508 e. The van der Waals surface area contributed by atoms with Crippen LogP contribution in [0.3, 0.4) is 0 Å². The van der Waals surface area contributed by atoms with Gasteiger partial charge >= 0.3 is 5.63 Å². The van der Waals surface area contributed by atoms with Crippen LogP contribution in [0.2, 0.25) is 0 Å². The predicted octanol–water partition coefficient (Wildman–Crippen LogP) is 3.32. The summed E-state index contributed by atoms with van der Waals surface area (Å²) in [6.45, 7) is 0. The van der Waals surface area contributed by atoms with E-state index >= 15 is 0 Å². The van der Waals surface area contributed by atoms with Crippen LogP contribution in [0.25, 0.3) is 11.0 Å². The first-order valence-electron chi connectivity index (χ1n) is 10.9. The van der Waals surface area contributed by atoms with Crippen LogP contribution in [0.1, 0.15) is 11.1 Å². The molecule has 10 nitrogen and oxygen atoms in total. The molecule has 0 unspecified atom stereocenters. The summed E-state index contributed by atoms with van der Waals surface area (Å²) >= 11 is 0. The molecule has 1 aromatic heterocycles. The highest BCUT2D eigenvalue weighted by molar-refractivity contribution is 5.98. The van der Waals surface area contributed by atoms with Crippen LogP contribution in [0.4, 0.5) is 11.4 Å². The number of aromatic hydroxyl groups is 1. The number of nitrogens with one attached hydrogen (secondary N) is 2. The molecule has 0 radical (unpaired) electrons. The van der Waals surface area contributed by atoms with Crippen molar-refractivity contribution < 1.29 is 24.0 Å². The number of carbonyl (C=O) groups is 2. The highest BCUT2D eigenvalue weighted by atomic mass is 16.6. The summed E-state index contributed by atoms with van der Waals surface area (Å²) in [5.41, 5.74) is 0.880. The predicted molar refractivity (Wildman–Crippen MR) is 132 cm³/mol. The first-order valence-corrected chi connectivity index (χ1v) is 10.9. The molecule has 4 rings (SSSR count). The number of benzene rings is 3. The SMILES string of the molecule is O=C(Cc1cc(=O)oc2cc(O)ccc12)N[C@@H](Cc1ccccc1)C(=O)Nc1ccc([N+](=O)[O-])cc1. The van der Waals surface area contributed by atoms with Crippen LogP contribution in [-0.4, -0.2) is 27.9 Å². The molecule has 3 aromatic carbocycles. The van der Waals surface area contributed by atoms with E-state index in [9.17, 15) is 29.6 Å². The Balaban J connectivity index is 1.54. The van der Waals surface area contributed by atoms with E-state index in [0.29, 0.717) is 16.6 Å². The maximum absolute atomic E-state index is 13.1. The summed E-state index contributed by atoms with van der Waals surface area (Å²) in [4.78, 5) is 48.3. The number of nitro benzene ring substituents is 1. The molecular weight excluding hydrogens is 466 g/mol. The van der Waals surface area contributed by atoms with Gasteiger partial charge in [-0.2, -0.15) is 0 Å². The molecule has 0 saturated heterocycles. The van der Waals surface area contributed by atoms with Crippen molar-refractivity contribution in [3.8, 4) is 5.75 Å². The molecule has 0 fully saturated rings. The Bertz CT molecular complexity index is 1480. The number of amides is 2. The Hall–Kier alpha value is -4.99. The van der Waals surface area contributed by atoms with Gasteiger partial charge in [0, 0.05) is 41.8 Å². The molecule has 2 amide bonds. The normalized spacial score (nSPS) is 11.6. The van der Waals surface area contributed by atoms with Crippen LogP contribution in [0.15, 0.2) is 88.1 Å². The molecule has 0 bridgehead atoms. The lowest BCUT2D eigenvalue weighted by atomic mass is 10.0. The molecule has 1 atom stereocenters. The number of hydrogen-bond acceptors (Lipinski definition) is 7. The number of nitro groups is 1. The number of rotatable bonds is 8. The fourth-order valence-corrected chi connectivity index (χ4v) is 3.74. The van der Waals surface area contributed by atoms with Crippen molar-refractivity contribution in [1.29, 1.82) is 0 Å². The Morgan fingerprint density at radius 2 is 1.72 bits per heavy atom. The molecule has 0 aliphatic rings. The number of nitrogens with zero attached hydrogens (tertiary/aromatic N) is 1. The van der Waals surface area contributed by atoms with Gasteiger partial charge in [-0.25, -0.2) is 4.79 Å². The second kappa shape index (κ2) is 10.5. The van der Waals surface area contributed by atoms with E-state index in [1.54, 1.807) is 6.07 Å². The number of anilines is 1. The molecule has 10 heteroatoms. The summed E-state index contributed by atoms with van der Waals surface area (Å²) in [6.07, 6.45) is -0.0140. The van der Waals surface area contributed by atoms with E-state index in [4.69, 9.17) is 4.42 Å². The highest BCUT2D eigenvalue weighted by Crippen LogP contribution is 2.22. The average molecular weight is 487 g/mol. The molecule has 36 heavy (non-hydrogen) atoms. The fraction of sp³-hybridized carbons (Fsp3) is 0.115. The van der Waals surface area contributed by atoms with E-state index in [1.165, 1.54) is 42.5 Å². The number of hydrogen-bond donors (Lipinski definition) is 3. The van der Waals surface area contributed by atoms with Crippen LogP contribution in [-0.2, 0) is 22.4 Å². The van der Waals surface area contributed by atoms with Gasteiger partial charge < -0.3 is 20.2 Å². The van der Waals surface area contributed by atoms with Crippen LogP contribution in [0, 0.1) is 10.1 Å². The van der Waals surface area contributed by atoms with Crippen LogP contribution in [0.5, 0.6) is 5.75 Å². The van der Waals surface area contributed by atoms with Gasteiger partial charge in [0.1, 0.15) is 17.4 Å². The molecule has 4 aromatic rings. The second-order valence-electron chi connectivity index (χ2n) is 8.05. The third-order valence-corrected chi connectivity index (χ3v) is 5.44. The molecular formula is C26H21N3O7. The Kier molecular flexibility index (Phi) is 7.05. The first kappa shape index (κ1) is 24.1. The quantitative estimate of drug-likeness (QED) is 0.196. The molecule has 1 heterocycles. The standard InChI is InChI=1S/C26H21N3O7/c30-20-10-11-21-17(14-25(32)36-23(21)15-20)13-24(31)28-22(12-16-4-2-1-3-5-16)26(33)27-18-6-8-19(9-7-18)29(34)35/h1-11,14-15,22,30H,12-13H2,(H,27,33)(H,28,31)/t22-/m0/s1. The van der Waals surface area contributed by atoms with Gasteiger partial charge in [0.25, 0.3) is 5.69 Å². The van der Waals surface area contributed by atoms with Crippen molar-refractivity contribution in [1.82, 2.24) is 5.32 Å². The smallest absolute Gasteiger partial charge is 0.336 e.